The van der Waals surface area contributed by atoms with E-state index >= 15 is 0 Å². The third kappa shape index (κ3) is 1.45. The number of hydrogen-bond acceptors (Lipinski definition) is 1. The second-order valence-corrected chi connectivity index (χ2v) is 4.96. The minimum atomic E-state index is 0.251. The zero-order chi connectivity index (χ0) is 9.52. The lowest BCUT2D eigenvalue weighted by Crippen LogP contribution is -2.37. The molecule has 1 atom stereocenters. The number of allylic oxidation sites excluding steroid dienone is 2. The van der Waals surface area contributed by atoms with Crippen LogP contribution in [0.25, 0.3) is 0 Å². The molecule has 0 N–H and O–H groups in total. The van der Waals surface area contributed by atoms with Crippen molar-refractivity contribution in [2.24, 2.45) is 11.3 Å². The van der Waals surface area contributed by atoms with Gasteiger partial charge in [-0.2, -0.15) is 0 Å². The van der Waals surface area contributed by atoms with Crippen LogP contribution in [0, 0.1) is 11.3 Å². The Morgan fingerprint density at radius 3 is 2.00 bits per heavy atom. The van der Waals surface area contributed by atoms with Gasteiger partial charge in [0.2, 0.25) is 0 Å². The topological polar surface area (TPSA) is 17.1 Å². The van der Waals surface area contributed by atoms with Crippen LogP contribution in [-0.2, 0) is 4.79 Å². The van der Waals surface area contributed by atoms with Crippen molar-refractivity contribution < 1.29 is 4.79 Å². The van der Waals surface area contributed by atoms with Gasteiger partial charge in [-0.25, -0.2) is 0 Å². The molecule has 0 heterocycles. The summed E-state index contributed by atoms with van der Waals surface area (Å²) in [7, 11) is 0. The molecule has 0 saturated heterocycles. The summed E-state index contributed by atoms with van der Waals surface area (Å²) in [5.74, 6) is 0.852. The van der Waals surface area contributed by atoms with Gasteiger partial charge in [0.15, 0.2) is 5.78 Å². The fraction of sp³-hybridized carbons (Fsp3) is 0.727. The fourth-order valence-corrected chi connectivity index (χ4v) is 1.83. The van der Waals surface area contributed by atoms with Crippen LogP contribution < -0.4 is 0 Å². The van der Waals surface area contributed by atoms with E-state index in [9.17, 15) is 4.79 Å². The molecule has 1 saturated carbocycles. The largest absolute Gasteiger partial charge is 0.295 e. The predicted octanol–water partition coefficient (Wildman–Crippen LogP) is 2.96. The van der Waals surface area contributed by atoms with E-state index < -0.39 is 0 Å². The van der Waals surface area contributed by atoms with Crippen LogP contribution in [-0.4, -0.2) is 5.78 Å². The quantitative estimate of drug-likeness (QED) is 0.506. The number of carbonyl (C=O) groups excluding carboxylic acids is 1. The summed E-state index contributed by atoms with van der Waals surface area (Å²) in [5, 5.41) is 0. The lowest BCUT2D eigenvalue weighted by Gasteiger charge is -2.40. The van der Waals surface area contributed by atoms with Gasteiger partial charge in [-0.15, -0.1) is 0 Å². The third-order valence-electron chi connectivity index (χ3n) is 2.62. The normalized spacial score (nSPS) is 23.9. The van der Waals surface area contributed by atoms with Crippen LogP contribution in [0.3, 0.4) is 0 Å². The number of rotatable bonds is 0. The Labute approximate surface area is 74.9 Å². The molecular formula is C11H18O. The molecule has 12 heavy (non-hydrogen) atoms. The SMILES string of the molecule is CC(C)=C1C(=O)CC1C(C)(C)C. The number of hydrogen-bond donors (Lipinski definition) is 0. The first-order valence-electron chi connectivity index (χ1n) is 4.54. The van der Waals surface area contributed by atoms with Crippen LogP contribution >= 0.6 is 0 Å². The molecule has 0 radical (unpaired) electrons. The summed E-state index contributed by atoms with van der Waals surface area (Å²) >= 11 is 0. The van der Waals surface area contributed by atoms with Crippen molar-refractivity contribution in [2.75, 3.05) is 0 Å². The van der Waals surface area contributed by atoms with Crippen LogP contribution in [0.5, 0.6) is 0 Å². The third-order valence-corrected chi connectivity index (χ3v) is 2.62. The second kappa shape index (κ2) is 2.72. The molecule has 0 aromatic heterocycles. The molecule has 68 valence electrons. The van der Waals surface area contributed by atoms with Crippen LogP contribution in [0.15, 0.2) is 11.1 Å². The monoisotopic (exact) mass is 166 g/mol. The molecule has 1 fully saturated rings. The van der Waals surface area contributed by atoms with Gasteiger partial charge < -0.3 is 0 Å². The molecule has 1 aliphatic rings. The van der Waals surface area contributed by atoms with Crippen molar-refractivity contribution in [2.45, 2.75) is 41.0 Å². The van der Waals surface area contributed by atoms with Gasteiger partial charge in [0, 0.05) is 6.42 Å². The van der Waals surface area contributed by atoms with E-state index in [2.05, 4.69) is 20.8 Å². The van der Waals surface area contributed by atoms with E-state index in [0.717, 1.165) is 12.0 Å². The van der Waals surface area contributed by atoms with E-state index in [1.807, 2.05) is 13.8 Å². The highest BCUT2D eigenvalue weighted by molar-refractivity contribution is 6.03. The van der Waals surface area contributed by atoms with Crippen molar-refractivity contribution in [1.82, 2.24) is 0 Å². The molecule has 1 nitrogen and oxygen atoms in total. The molecule has 0 bridgehead atoms. The highest BCUT2D eigenvalue weighted by Crippen LogP contribution is 2.44. The molecule has 0 spiro atoms. The molecule has 1 heteroatoms. The molecular weight excluding hydrogens is 148 g/mol. The Morgan fingerprint density at radius 1 is 1.33 bits per heavy atom. The Hall–Kier alpha value is -0.590. The van der Waals surface area contributed by atoms with Crippen molar-refractivity contribution in [3.05, 3.63) is 11.1 Å². The maximum atomic E-state index is 11.3. The van der Waals surface area contributed by atoms with E-state index in [1.165, 1.54) is 5.57 Å². The first-order valence-corrected chi connectivity index (χ1v) is 4.54. The van der Waals surface area contributed by atoms with Gasteiger partial charge >= 0.3 is 0 Å². The summed E-state index contributed by atoms with van der Waals surface area (Å²) in [6.07, 6.45) is 0.754. The van der Waals surface area contributed by atoms with E-state index in [0.29, 0.717) is 11.7 Å². The number of Topliss-reactive ketones (excluding diaryl/α,β-unsaturated/α-hetero) is 1. The van der Waals surface area contributed by atoms with Gasteiger partial charge in [-0.3, -0.25) is 4.79 Å². The van der Waals surface area contributed by atoms with E-state index in [-0.39, 0.29) is 5.41 Å². The lowest BCUT2D eigenvalue weighted by molar-refractivity contribution is -0.122. The summed E-state index contributed by atoms with van der Waals surface area (Å²) in [6.45, 7) is 10.7. The highest BCUT2D eigenvalue weighted by Gasteiger charge is 2.41. The van der Waals surface area contributed by atoms with Gasteiger partial charge in [-0.05, 0) is 30.8 Å². The maximum Gasteiger partial charge on any atom is 0.159 e. The van der Waals surface area contributed by atoms with Gasteiger partial charge in [0.25, 0.3) is 0 Å². The summed E-state index contributed by atoms with van der Waals surface area (Å²) < 4.78 is 0. The maximum absolute atomic E-state index is 11.3. The Morgan fingerprint density at radius 2 is 1.83 bits per heavy atom. The van der Waals surface area contributed by atoms with Crippen molar-refractivity contribution in [3.63, 3.8) is 0 Å². The standard InChI is InChI=1S/C11H18O/c1-7(2)10-8(6-9(10)12)11(3,4)5/h8H,6H2,1-5H3. The molecule has 1 aliphatic carbocycles. The van der Waals surface area contributed by atoms with Gasteiger partial charge in [0.05, 0.1) is 0 Å². The Bertz CT molecular complexity index is 236. The molecule has 0 aliphatic heterocycles. The molecule has 0 aromatic carbocycles. The van der Waals surface area contributed by atoms with Crippen molar-refractivity contribution in [1.29, 1.82) is 0 Å². The summed E-state index contributed by atoms with van der Waals surface area (Å²) in [5.41, 5.74) is 2.54. The van der Waals surface area contributed by atoms with Crippen LogP contribution in [0.1, 0.15) is 41.0 Å². The summed E-state index contributed by atoms with van der Waals surface area (Å²) in [4.78, 5) is 11.3. The van der Waals surface area contributed by atoms with E-state index in [4.69, 9.17) is 0 Å². The first kappa shape index (κ1) is 9.50. The Balaban J connectivity index is 2.89. The smallest absolute Gasteiger partial charge is 0.159 e. The average Bonchev–Trinajstić information content (AvgIpc) is 1.78. The predicted molar refractivity (Wildman–Crippen MR) is 50.9 cm³/mol. The van der Waals surface area contributed by atoms with Crippen molar-refractivity contribution in [3.8, 4) is 0 Å². The van der Waals surface area contributed by atoms with Gasteiger partial charge in [-0.1, -0.05) is 26.3 Å². The lowest BCUT2D eigenvalue weighted by atomic mass is 9.63. The summed E-state index contributed by atoms with van der Waals surface area (Å²) in [6, 6.07) is 0. The van der Waals surface area contributed by atoms with E-state index in [1.54, 1.807) is 0 Å². The zero-order valence-corrected chi connectivity index (χ0v) is 8.69. The molecule has 0 aromatic rings. The van der Waals surface area contributed by atoms with Crippen LogP contribution in [0.2, 0.25) is 0 Å². The highest BCUT2D eigenvalue weighted by atomic mass is 16.1. The van der Waals surface area contributed by atoms with Crippen LogP contribution in [0.4, 0.5) is 0 Å². The molecule has 0 amide bonds. The first-order chi connectivity index (χ1) is 5.34. The molecule has 1 rings (SSSR count). The van der Waals surface area contributed by atoms with Gasteiger partial charge in [0.1, 0.15) is 0 Å². The minimum Gasteiger partial charge on any atom is -0.295 e. The molecule has 1 unspecified atom stereocenters. The Kier molecular flexibility index (Phi) is 2.15. The fourth-order valence-electron chi connectivity index (χ4n) is 1.83. The average molecular weight is 166 g/mol. The minimum absolute atomic E-state index is 0.251. The second-order valence-electron chi connectivity index (χ2n) is 4.96. The van der Waals surface area contributed by atoms with Crippen molar-refractivity contribution >= 4 is 5.78 Å². The zero-order valence-electron chi connectivity index (χ0n) is 8.69. The number of ketones is 1. The number of carbonyl (C=O) groups is 1.